The third-order valence-corrected chi connectivity index (χ3v) is 5.84. The van der Waals surface area contributed by atoms with E-state index in [-0.39, 0.29) is 16.6 Å². The van der Waals surface area contributed by atoms with Crippen LogP contribution < -0.4 is 5.73 Å². The van der Waals surface area contributed by atoms with Gasteiger partial charge in [0, 0.05) is 5.92 Å². The maximum Gasteiger partial charge on any atom is 0.284 e. The molecule has 0 aliphatic heterocycles. The first-order chi connectivity index (χ1) is 11.1. The molecule has 5 heteroatoms. The summed E-state index contributed by atoms with van der Waals surface area (Å²) < 4.78 is 28.6. The normalized spacial score (nSPS) is 13.8. The van der Waals surface area contributed by atoms with Crippen molar-refractivity contribution in [3.8, 4) is 0 Å². The smallest absolute Gasteiger partial charge is 0.284 e. The summed E-state index contributed by atoms with van der Waals surface area (Å²) in [5, 5.41) is 0. The Kier molecular flexibility index (Phi) is 5.13. The van der Waals surface area contributed by atoms with Crippen molar-refractivity contribution in [2.45, 2.75) is 45.4 Å². The van der Waals surface area contributed by atoms with Gasteiger partial charge >= 0.3 is 0 Å². The van der Waals surface area contributed by atoms with Crippen molar-refractivity contribution in [3.05, 3.63) is 64.2 Å². The average Bonchev–Trinajstić information content (AvgIpc) is 2.45. The van der Waals surface area contributed by atoms with Crippen LogP contribution in [0.25, 0.3) is 0 Å². The molecule has 24 heavy (non-hydrogen) atoms. The Bertz CT molecular complexity index is 896. The molecule has 0 aliphatic carbocycles. The van der Waals surface area contributed by atoms with Gasteiger partial charge in [0.25, 0.3) is 10.0 Å². The van der Waals surface area contributed by atoms with Gasteiger partial charge in [-0.25, -0.2) is 0 Å². The van der Waals surface area contributed by atoms with Crippen LogP contribution in [0.3, 0.4) is 0 Å². The Morgan fingerprint density at radius 3 is 2.25 bits per heavy atom. The first kappa shape index (κ1) is 18.2. The predicted octanol–water partition coefficient (Wildman–Crippen LogP) is 3.83. The number of nitrogens with two attached hydrogens (primary N) is 1. The molecule has 2 aromatic carbocycles. The molecular weight excluding hydrogens is 320 g/mol. The van der Waals surface area contributed by atoms with E-state index in [4.69, 9.17) is 5.73 Å². The van der Waals surface area contributed by atoms with Crippen LogP contribution in [0.5, 0.6) is 0 Å². The summed E-state index contributed by atoms with van der Waals surface area (Å²) >= 11 is 0. The average molecular weight is 344 g/mol. The number of rotatable bonds is 4. The number of sulfonamides is 1. The van der Waals surface area contributed by atoms with Crippen molar-refractivity contribution in [3.63, 3.8) is 0 Å². The topological polar surface area (TPSA) is 72.5 Å². The van der Waals surface area contributed by atoms with E-state index in [1.807, 2.05) is 32.0 Å². The Morgan fingerprint density at radius 1 is 1.04 bits per heavy atom. The molecule has 0 aliphatic rings. The number of amidine groups is 1. The first-order valence-electron chi connectivity index (χ1n) is 7.88. The van der Waals surface area contributed by atoms with Crippen LogP contribution in [0.15, 0.2) is 45.7 Å². The van der Waals surface area contributed by atoms with Gasteiger partial charge in [-0.05, 0) is 61.6 Å². The minimum absolute atomic E-state index is 0.0310. The summed E-state index contributed by atoms with van der Waals surface area (Å²) in [6.45, 7) is 9.49. The second-order valence-corrected chi connectivity index (χ2v) is 7.78. The zero-order valence-electron chi connectivity index (χ0n) is 14.8. The fourth-order valence-corrected chi connectivity index (χ4v) is 4.47. The lowest BCUT2D eigenvalue weighted by atomic mass is 9.85. The molecule has 0 amide bonds. The van der Waals surface area contributed by atoms with E-state index in [0.29, 0.717) is 0 Å². The summed E-state index contributed by atoms with van der Waals surface area (Å²) in [4.78, 5) is 0.216. The number of hydrogen-bond acceptors (Lipinski definition) is 2. The lowest BCUT2D eigenvalue weighted by Gasteiger charge is -2.21. The number of aryl methyl sites for hydroxylation is 2. The standard InChI is InChI=1S/C19H24N2O2S/c1-12-8-6-7-9-17(12)14(3)19-13(2)10-11-18(15(19)4)24(22,23)21-16(5)20/h6-11,14H,1-5H3,(H2,20,21). The van der Waals surface area contributed by atoms with Gasteiger partial charge in [0.1, 0.15) is 5.84 Å². The van der Waals surface area contributed by atoms with E-state index in [1.165, 1.54) is 18.1 Å². The molecule has 1 unspecified atom stereocenters. The van der Waals surface area contributed by atoms with Crippen LogP contribution in [0.1, 0.15) is 47.6 Å². The summed E-state index contributed by atoms with van der Waals surface area (Å²) in [6, 6.07) is 11.6. The molecule has 128 valence electrons. The van der Waals surface area contributed by atoms with Gasteiger partial charge in [-0.2, -0.15) is 8.42 Å². The Labute approximate surface area is 144 Å². The van der Waals surface area contributed by atoms with E-state index in [1.54, 1.807) is 6.07 Å². The lowest BCUT2D eigenvalue weighted by Crippen LogP contribution is -2.12. The van der Waals surface area contributed by atoms with Gasteiger partial charge in [-0.1, -0.05) is 37.3 Å². The van der Waals surface area contributed by atoms with Crippen LogP contribution in [-0.2, 0) is 10.0 Å². The number of benzene rings is 2. The molecule has 2 N–H and O–H groups in total. The van der Waals surface area contributed by atoms with E-state index in [0.717, 1.165) is 16.7 Å². The van der Waals surface area contributed by atoms with Gasteiger partial charge in [0.2, 0.25) is 0 Å². The van der Waals surface area contributed by atoms with Gasteiger partial charge < -0.3 is 5.73 Å². The summed E-state index contributed by atoms with van der Waals surface area (Å²) in [7, 11) is -3.79. The van der Waals surface area contributed by atoms with Crippen molar-refractivity contribution in [1.82, 2.24) is 0 Å². The molecule has 0 bridgehead atoms. The van der Waals surface area contributed by atoms with E-state index in [9.17, 15) is 8.42 Å². The monoisotopic (exact) mass is 344 g/mol. The zero-order chi connectivity index (χ0) is 18.1. The SMILES string of the molecule is C/C(N)=N\S(=O)(=O)c1ccc(C)c(C(C)c2ccccc2C)c1C. The third-order valence-electron chi connectivity index (χ3n) is 4.31. The maximum atomic E-state index is 12.5. The van der Waals surface area contributed by atoms with Crippen LogP contribution in [0.4, 0.5) is 0 Å². The number of hydrogen-bond donors (Lipinski definition) is 1. The molecule has 0 saturated carbocycles. The highest BCUT2D eigenvalue weighted by Gasteiger charge is 2.23. The first-order valence-corrected chi connectivity index (χ1v) is 9.32. The lowest BCUT2D eigenvalue weighted by molar-refractivity contribution is 0.597. The fraction of sp³-hybridized carbons (Fsp3) is 0.316. The Balaban J connectivity index is 2.67. The van der Waals surface area contributed by atoms with Crippen LogP contribution in [-0.4, -0.2) is 14.3 Å². The molecule has 2 aromatic rings. The van der Waals surface area contributed by atoms with Crippen LogP contribution in [0.2, 0.25) is 0 Å². The minimum Gasteiger partial charge on any atom is -0.387 e. The molecule has 0 fully saturated rings. The molecule has 0 spiro atoms. The summed E-state index contributed by atoms with van der Waals surface area (Å²) in [5.74, 6) is 0.118. The van der Waals surface area contributed by atoms with Crippen LogP contribution in [0, 0.1) is 20.8 Å². The van der Waals surface area contributed by atoms with E-state index < -0.39 is 10.0 Å². The van der Waals surface area contributed by atoms with E-state index >= 15 is 0 Å². The molecule has 4 nitrogen and oxygen atoms in total. The highest BCUT2D eigenvalue weighted by Crippen LogP contribution is 2.34. The van der Waals surface area contributed by atoms with Crippen molar-refractivity contribution in [2.75, 3.05) is 0 Å². The Morgan fingerprint density at radius 2 is 1.67 bits per heavy atom. The maximum absolute atomic E-state index is 12.5. The second-order valence-electron chi connectivity index (χ2n) is 6.21. The van der Waals surface area contributed by atoms with E-state index in [2.05, 4.69) is 30.4 Å². The van der Waals surface area contributed by atoms with Crippen molar-refractivity contribution in [2.24, 2.45) is 10.1 Å². The zero-order valence-corrected chi connectivity index (χ0v) is 15.6. The largest absolute Gasteiger partial charge is 0.387 e. The summed E-state index contributed by atoms with van der Waals surface area (Å²) in [5.41, 5.74) is 10.7. The van der Waals surface area contributed by atoms with Gasteiger partial charge in [0.05, 0.1) is 4.90 Å². The molecule has 0 radical (unpaired) electrons. The summed E-state index contributed by atoms with van der Waals surface area (Å²) in [6.07, 6.45) is 0. The minimum atomic E-state index is -3.79. The molecular formula is C19H24N2O2S. The quantitative estimate of drug-likeness (QED) is 0.677. The molecule has 0 saturated heterocycles. The van der Waals surface area contributed by atoms with Crippen molar-refractivity contribution < 1.29 is 8.42 Å². The Hall–Kier alpha value is -2.14. The van der Waals surface area contributed by atoms with Crippen molar-refractivity contribution in [1.29, 1.82) is 0 Å². The predicted molar refractivity (Wildman–Crippen MR) is 99.1 cm³/mol. The molecule has 0 aromatic heterocycles. The molecule has 1 atom stereocenters. The van der Waals surface area contributed by atoms with Gasteiger partial charge in [-0.3, -0.25) is 0 Å². The third kappa shape index (κ3) is 3.51. The van der Waals surface area contributed by atoms with Gasteiger partial charge in [0.15, 0.2) is 0 Å². The molecule has 0 heterocycles. The molecule has 2 rings (SSSR count). The van der Waals surface area contributed by atoms with Crippen molar-refractivity contribution >= 4 is 15.9 Å². The number of nitrogens with zero attached hydrogens (tertiary/aromatic N) is 1. The second kappa shape index (κ2) is 6.77. The van der Waals surface area contributed by atoms with Gasteiger partial charge in [-0.15, -0.1) is 4.40 Å². The highest BCUT2D eigenvalue weighted by molar-refractivity contribution is 7.90. The van der Waals surface area contributed by atoms with Crippen LogP contribution >= 0.6 is 0 Å². The highest BCUT2D eigenvalue weighted by atomic mass is 32.2. The fourth-order valence-electron chi connectivity index (χ4n) is 3.26.